The van der Waals surface area contributed by atoms with Crippen molar-refractivity contribution in [2.75, 3.05) is 10.6 Å². The van der Waals surface area contributed by atoms with Crippen LogP contribution in [0.25, 0.3) is 0 Å². The van der Waals surface area contributed by atoms with Crippen molar-refractivity contribution in [3.05, 3.63) is 58.0 Å². The van der Waals surface area contributed by atoms with Gasteiger partial charge in [0.1, 0.15) is 5.76 Å². The Labute approximate surface area is 146 Å². The normalized spacial score (nSPS) is 10.5. The van der Waals surface area contributed by atoms with E-state index in [0.717, 1.165) is 15.7 Å². The number of rotatable bonds is 4. The maximum absolute atomic E-state index is 12.1. The minimum Gasteiger partial charge on any atom is -0.360 e. The van der Waals surface area contributed by atoms with Gasteiger partial charge in [0, 0.05) is 28.6 Å². The van der Waals surface area contributed by atoms with E-state index < -0.39 is 0 Å². The number of hydrogen-bond acceptors (Lipinski definition) is 6. The molecule has 2 N–H and O–H groups in total. The number of aromatic nitrogens is 3. The molecule has 0 radical (unpaired) electrons. The van der Waals surface area contributed by atoms with Crippen LogP contribution in [0.15, 0.2) is 45.7 Å². The lowest BCUT2D eigenvalue weighted by Gasteiger charge is -2.07. The summed E-state index contributed by atoms with van der Waals surface area (Å²) in [5.74, 6) is 1.02. The average molecular weight is 388 g/mol. The van der Waals surface area contributed by atoms with Gasteiger partial charge in [-0.05, 0) is 31.5 Å². The maximum atomic E-state index is 12.1. The van der Waals surface area contributed by atoms with E-state index in [1.54, 1.807) is 13.0 Å². The summed E-state index contributed by atoms with van der Waals surface area (Å²) in [4.78, 5) is 20.4. The number of nitrogens with zero attached hydrogens (tertiary/aromatic N) is 3. The van der Waals surface area contributed by atoms with E-state index in [2.05, 4.69) is 41.7 Å². The van der Waals surface area contributed by atoms with E-state index in [4.69, 9.17) is 4.52 Å². The number of anilines is 3. The summed E-state index contributed by atoms with van der Waals surface area (Å²) < 4.78 is 5.89. The summed E-state index contributed by atoms with van der Waals surface area (Å²) in [5.41, 5.74) is 2.31. The van der Waals surface area contributed by atoms with E-state index in [1.165, 1.54) is 12.4 Å². The third kappa shape index (κ3) is 3.77. The van der Waals surface area contributed by atoms with Crippen molar-refractivity contribution in [2.45, 2.75) is 13.8 Å². The van der Waals surface area contributed by atoms with Crippen molar-refractivity contribution in [3.8, 4) is 0 Å². The molecule has 24 heavy (non-hydrogen) atoms. The molecule has 0 saturated carbocycles. The molecule has 7 nitrogen and oxygen atoms in total. The Morgan fingerprint density at radius 3 is 2.54 bits per heavy atom. The number of carbonyl (C=O) groups excluding carboxylic acids is 1. The molecule has 3 aromatic rings. The molecule has 8 heteroatoms. The van der Waals surface area contributed by atoms with Gasteiger partial charge >= 0.3 is 0 Å². The molecule has 0 atom stereocenters. The largest absolute Gasteiger partial charge is 0.360 e. The summed E-state index contributed by atoms with van der Waals surface area (Å²) in [6.07, 6.45) is 2.89. The smallest absolute Gasteiger partial charge is 0.260 e. The number of hydrogen-bond donors (Lipinski definition) is 2. The van der Waals surface area contributed by atoms with Crippen LogP contribution in [0.4, 0.5) is 17.5 Å². The first-order valence-electron chi connectivity index (χ1n) is 7.11. The lowest BCUT2D eigenvalue weighted by Crippen LogP contribution is -2.13. The first-order valence-corrected chi connectivity index (χ1v) is 7.90. The van der Waals surface area contributed by atoms with Crippen LogP contribution in [0.1, 0.15) is 21.7 Å². The van der Waals surface area contributed by atoms with Crippen LogP contribution in [-0.2, 0) is 0 Å². The number of carbonyl (C=O) groups is 1. The maximum Gasteiger partial charge on any atom is 0.260 e. The van der Waals surface area contributed by atoms with Crippen molar-refractivity contribution in [3.63, 3.8) is 0 Å². The predicted octanol–water partition coefficient (Wildman–Crippen LogP) is 3.84. The first-order chi connectivity index (χ1) is 11.5. The highest BCUT2D eigenvalue weighted by Gasteiger charge is 2.10. The number of aryl methyl sites for hydroxylation is 2. The lowest BCUT2D eigenvalue weighted by atomic mass is 10.2. The third-order valence-corrected chi connectivity index (χ3v) is 4.07. The van der Waals surface area contributed by atoms with Crippen LogP contribution in [-0.4, -0.2) is 21.0 Å². The van der Waals surface area contributed by atoms with Crippen LogP contribution in [0.5, 0.6) is 0 Å². The Morgan fingerprint density at radius 2 is 1.92 bits per heavy atom. The number of nitrogens with one attached hydrogen (secondary N) is 2. The molecule has 0 bridgehead atoms. The van der Waals surface area contributed by atoms with Crippen LogP contribution in [0.3, 0.4) is 0 Å². The van der Waals surface area contributed by atoms with Gasteiger partial charge < -0.3 is 15.2 Å². The van der Waals surface area contributed by atoms with Crippen LogP contribution < -0.4 is 10.6 Å². The Morgan fingerprint density at radius 1 is 1.17 bits per heavy atom. The Hall–Kier alpha value is -2.74. The quantitative estimate of drug-likeness (QED) is 0.706. The minimum atomic E-state index is -0.354. The molecule has 0 saturated heterocycles. The topological polar surface area (TPSA) is 92.9 Å². The van der Waals surface area contributed by atoms with Gasteiger partial charge in [-0.25, -0.2) is 9.97 Å². The molecule has 1 amide bonds. The molecule has 2 heterocycles. The molecule has 0 aliphatic carbocycles. The number of amides is 1. The van der Waals surface area contributed by atoms with Gasteiger partial charge in [0.2, 0.25) is 5.95 Å². The Balaban J connectivity index is 1.68. The van der Waals surface area contributed by atoms with Crippen molar-refractivity contribution in [2.24, 2.45) is 0 Å². The molecule has 2 aromatic heterocycles. The van der Waals surface area contributed by atoms with E-state index in [-0.39, 0.29) is 5.91 Å². The predicted molar refractivity (Wildman–Crippen MR) is 93.4 cm³/mol. The fourth-order valence-electron chi connectivity index (χ4n) is 1.92. The van der Waals surface area contributed by atoms with Crippen molar-refractivity contribution >= 4 is 39.3 Å². The second kappa shape index (κ2) is 6.79. The van der Waals surface area contributed by atoms with Crippen molar-refractivity contribution < 1.29 is 9.32 Å². The van der Waals surface area contributed by atoms with Gasteiger partial charge in [-0.15, -0.1) is 0 Å². The Kier molecular flexibility index (Phi) is 4.57. The summed E-state index contributed by atoms with van der Waals surface area (Å²) >= 11 is 3.48. The molecular formula is C16H14BrN5O2. The SMILES string of the molecule is Cc1cc(NC(=O)c2cnc(Nc3ccc(C)c(Br)c3)nc2)no1. The molecule has 0 unspecified atom stereocenters. The molecule has 122 valence electrons. The Bertz CT molecular complexity index is 876. The number of halogens is 1. The fraction of sp³-hybridized carbons (Fsp3) is 0.125. The summed E-state index contributed by atoms with van der Waals surface area (Å²) in [6, 6.07) is 7.47. The zero-order chi connectivity index (χ0) is 17.1. The van der Waals surface area contributed by atoms with Gasteiger partial charge in [-0.1, -0.05) is 27.2 Å². The van der Waals surface area contributed by atoms with Crippen molar-refractivity contribution in [1.82, 2.24) is 15.1 Å². The van der Waals surface area contributed by atoms with E-state index in [0.29, 0.717) is 23.1 Å². The van der Waals surface area contributed by atoms with Gasteiger partial charge in [-0.3, -0.25) is 4.79 Å². The van der Waals surface area contributed by atoms with Crippen LogP contribution in [0, 0.1) is 13.8 Å². The lowest BCUT2D eigenvalue weighted by molar-refractivity contribution is 0.102. The second-order valence-electron chi connectivity index (χ2n) is 5.16. The molecule has 0 aliphatic heterocycles. The van der Waals surface area contributed by atoms with Gasteiger partial charge in [0.25, 0.3) is 5.91 Å². The zero-order valence-corrected chi connectivity index (χ0v) is 14.6. The summed E-state index contributed by atoms with van der Waals surface area (Å²) in [7, 11) is 0. The molecule has 1 aromatic carbocycles. The fourth-order valence-corrected chi connectivity index (χ4v) is 2.30. The zero-order valence-electron chi connectivity index (χ0n) is 13.0. The first kappa shape index (κ1) is 16.1. The monoisotopic (exact) mass is 387 g/mol. The highest BCUT2D eigenvalue weighted by atomic mass is 79.9. The minimum absolute atomic E-state index is 0.325. The molecule has 0 aliphatic rings. The molecule has 0 spiro atoms. The third-order valence-electron chi connectivity index (χ3n) is 3.21. The highest BCUT2D eigenvalue weighted by Crippen LogP contribution is 2.22. The van der Waals surface area contributed by atoms with E-state index >= 15 is 0 Å². The van der Waals surface area contributed by atoms with Crippen LogP contribution in [0.2, 0.25) is 0 Å². The highest BCUT2D eigenvalue weighted by molar-refractivity contribution is 9.10. The second-order valence-corrected chi connectivity index (χ2v) is 6.02. The summed E-state index contributed by atoms with van der Waals surface area (Å²) in [6.45, 7) is 3.75. The summed E-state index contributed by atoms with van der Waals surface area (Å²) in [5, 5.41) is 9.40. The molecular weight excluding hydrogens is 374 g/mol. The number of benzene rings is 1. The van der Waals surface area contributed by atoms with Crippen molar-refractivity contribution in [1.29, 1.82) is 0 Å². The standard InChI is InChI=1S/C16H14BrN5O2/c1-9-3-4-12(6-13(9)17)20-16-18-7-11(8-19-16)15(23)21-14-5-10(2)24-22-14/h3-8H,1-2H3,(H,18,19,20)(H,21,22,23). The van der Waals surface area contributed by atoms with Gasteiger partial charge in [0.15, 0.2) is 5.82 Å². The van der Waals surface area contributed by atoms with Gasteiger partial charge in [0.05, 0.1) is 5.56 Å². The van der Waals surface area contributed by atoms with Gasteiger partial charge in [-0.2, -0.15) is 0 Å². The average Bonchev–Trinajstić information content (AvgIpc) is 2.96. The molecule has 3 rings (SSSR count). The van der Waals surface area contributed by atoms with E-state index in [9.17, 15) is 4.79 Å². The van der Waals surface area contributed by atoms with E-state index in [1.807, 2.05) is 25.1 Å². The molecule has 0 fully saturated rings. The van der Waals surface area contributed by atoms with Crippen LogP contribution >= 0.6 is 15.9 Å².